The lowest BCUT2D eigenvalue weighted by molar-refractivity contribution is -0.384. The molecule has 1 aromatic heterocycles. The molecule has 2 aromatic rings. The first-order valence-corrected chi connectivity index (χ1v) is 8.75. The number of anilines is 2. The van der Waals surface area contributed by atoms with E-state index in [4.69, 9.17) is 11.6 Å². The number of amides is 1. The number of aryl methyl sites for hydroxylation is 1. The largest absolute Gasteiger partial charge is 0.365 e. The number of nitrogens with zero attached hydrogens (tertiary/aromatic N) is 3. The monoisotopic (exact) mass is 374 g/mol. The summed E-state index contributed by atoms with van der Waals surface area (Å²) in [6, 6.07) is 10.1. The Balaban J connectivity index is 1.75. The molecule has 1 fully saturated rings. The van der Waals surface area contributed by atoms with Crippen LogP contribution in [-0.2, 0) is 4.79 Å². The lowest BCUT2D eigenvalue weighted by atomic mass is 9.96. The third-order valence-corrected chi connectivity index (χ3v) is 4.64. The third kappa shape index (κ3) is 4.11. The second kappa shape index (κ2) is 7.70. The molecule has 7 nitrogen and oxygen atoms in total. The van der Waals surface area contributed by atoms with Crippen LogP contribution in [0.2, 0.25) is 5.02 Å². The Bertz CT molecular complexity index is 843. The van der Waals surface area contributed by atoms with Crippen molar-refractivity contribution >= 4 is 34.7 Å². The average Bonchev–Trinajstić information content (AvgIpc) is 2.61. The molecular formula is C18H19ClN4O3. The number of benzene rings is 1. The first-order valence-electron chi connectivity index (χ1n) is 8.37. The number of nitro benzene ring substituents is 1. The van der Waals surface area contributed by atoms with Gasteiger partial charge in [0, 0.05) is 29.9 Å². The van der Waals surface area contributed by atoms with Crippen molar-refractivity contribution in [2.45, 2.75) is 19.8 Å². The van der Waals surface area contributed by atoms with Gasteiger partial charge in [-0.25, -0.2) is 4.98 Å². The fraction of sp³-hybridized carbons (Fsp3) is 0.333. The topological polar surface area (TPSA) is 88.4 Å². The molecule has 0 saturated carbocycles. The van der Waals surface area contributed by atoms with Gasteiger partial charge in [-0.05, 0) is 44.0 Å². The number of rotatable bonds is 4. The molecule has 0 bridgehead atoms. The SMILES string of the molecule is Cc1cccc(NC(=O)C2CCCN(c3ccc(Cl)cc3[N+](=O)[O-])C2)n1. The molecular weight excluding hydrogens is 356 g/mol. The highest BCUT2D eigenvalue weighted by atomic mass is 35.5. The molecule has 1 aromatic carbocycles. The van der Waals surface area contributed by atoms with Gasteiger partial charge in [0.25, 0.3) is 5.69 Å². The summed E-state index contributed by atoms with van der Waals surface area (Å²) in [4.78, 5) is 29.7. The number of nitro groups is 1. The van der Waals surface area contributed by atoms with Crippen LogP contribution in [0.3, 0.4) is 0 Å². The predicted octanol–water partition coefficient (Wildman–Crippen LogP) is 3.81. The number of nitrogens with one attached hydrogen (secondary N) is 1. The van der Waals surface area contributed by atoms with Crippen LogP contribution in [0.5, 0.6) is 0 Å². The molecule has 0 spiro atoms. The molecule has 8 heteroatoms. The number of hydrogen-bond donors (Lipinski definition) is 1. The van der Waals surface area contributed by atoms with Gasteiger partial charge >= 0.3 is 0 Å². The number of pyridine rings is 1. The molecule has 1 aliphatic heterocycles. The summed E-state index contributed by atoms with van der Waals surface area (Å²) in [5, 5.41) is 14.5. The van der Waals surface area contributed by atoms with Crippen LogP contribution in [0.1, 0.15) is 18.5 Å². The fourth-order valence-corrected chi connectivity index (χ4v) is 3.33. The number of halogens is 1. The van der Waals surface area contributed by atoms with E-state index in [0.717, 1.165) is 18.5 Å². The van der Waals surface area contributed by atoms with E-state index in [1.165, 1.54) is 6.07 Å². The van der Waals surface area contributed by atoms with Crippen LogP contribution in [0.15, 0.2) is 36.4 Å². The maximum atomic E-state index is 12.6. The molecule has 1 N–H and O–H groups in total. The average molecular weight is 375 g/mol. The first kappa shape index (κ1) is 18.1. The zero-order valence-corrected chi connectivity index (χ0v) is 15.1. The van der Waals surface area contributed by atoms with Gasteiger partial charge in [0.05, 0.1) is 10.8 Å². The minimum Gasteiger partial charge on any atom is -0.365 e. The van der Waals surface area contributed by atoms with Gasteiger partial charge in [-0.15, -0.1) is 0 Å². The highest BCUT2D eigenvalue weighted by Crippen LogP contribution is 2.33. The summed E-state index contributed by atoms with van der Waals surface area (Å²) in [7, 11) is 0. The van der Waals surface area contributed by atoms with E-state index in [2.05, 4.69) is 10.3 Å². The zero-order valence-electron chi connectivity index (χ0n) is 14.3. The maximum Gasteiger partial charge on any atom is 0.294 e. The summed E-state index contributed by atoms with van der Waals surface area (Å²) in [6.45, 7) is 2.94. The molecule has 1 aliphatic rings. The molecule has 136 valence electrons. The van der Waals surface area contributed by atoms with Crippen LogP contribution < -0.4 is 10.2 Å². The fourth-order valence-electron chi connectivity index (χ4n) is 3.16. The normalized spacial score (nSPS) is 17.0. The Morgan fingerprint density at radius 1 is 1.38 bits per heavy atom. The molecule has 2 heterocycles. The van der Waals surface area contributed by atoms with Crippen LogP contribution in [-0.4, -0.2) is 28.9 Å². The molecule has 0 radical (unpaired) electrons. The van der Waals surface area contributed by atoms with Gasteiger partial charge in [-0.2, -0.15) is 0 Å². The van der Waals surface area contributed by atoms with Crippen LogP contribution in [0, 0.1) is 23.0 Å². The molecule has 1 atom stereocenters. The lowest BCUT2D eigenvalue weighted by Gasteiger charge is -2.33. The minimum atomic E-state index is -0.443. The van der Waals surface area contributed by atoms with E-state index in [1.807, 2.05) is 24.0 Å². The summed E-state index contributed by atoms with van der Waals surface area (Å²) in [5.74, 6) is 0.135. The quantitative estimate of drug-likeness (QED) is 0.649. The molecule has 0 aliphatic carbocycles. The molecule has 3 rings (SSSR count). The third-order valence-electron chi connectivity index (χ3n) is 4.41. The van der Waals surface area contributed by atoms with Gasteiger partial charge in [0.2, 0.25) is 5.91 Å². The standard InChI is InChI=1S/C18H19ClN4O3/c1-12-4-2-6-17(20-12)21-18(24)13-5-3-9-22(11-13)15-8-7-14(19)10-16(15)23(25)26/h2,4,6-8,10,13H,3,5,9,11H2,1H3,(H,20,21,24). The van der Waals surface area contributed by atoms with E-state index in [0.29, 0.717) is 29.6 Å². The van der Waals surface area contributed by atoms with Crippen molar-refractivity contribution in [3.8, 4) is 0 Å². The Labute approximate surface area is 156 Å². The van der Waals surface area contributed by atoms with Gasteiger partial charge in [-0.3, -0.25) is 14.9 Å². The lowest BCUT2D eigenvalue weighted by Crippen LogP contribution is -2.41. The van der Waals surface area contributed by atoms with E-state index < -0.39 is 4.92 Å². The van der Waals surface area contributed by atoms with Gasteiger partial charge in [0.15, 0.2) is 0 Å². The number of piperidine rings is 1. The molecule has 26 heavy (non-hydrogen) atoms. The smallest absolute Gasteiger partial charge is 0.294 e. The van der Waals surface area contributed by atoms with E-state index in [1.54, 1.807) is 18.2 Å². The van der Waals surface area contributed by atoms with Crippen molar-refractivity contribution in [2.75, 3.05) is 23.3 Å². The van der Waals surface area contributed by atoms with Crippen molar-refractivity contribution in [1.82, 2.24) is 4.98 Å². The van der Waals surface area contributed by atoms with E-state index in [9.17, 15) is 14.9 Å². The highest BCUT2D eigenvalue weighted by Gasteiger charge is 2.29. The number of carbonyl (C=O) groups is 1. The van der Waals surface area contributed by atoms with Crippen molar-refractivity contribution in [2.24, 2.45) is 5.92 Å². The Morgan fingerprint density at radius 3 is 2.92 bits per heavy atom. The predicted molar refractivity (Wildman–Crippen MR) is 101 cm³/mol. The summed E-state index contributed by atoms with van der Waals surface area (Å²) >= 11 is 5.89. The number of hydrogen-bond acceptors (Lipinski definition) is 5. The molecule has 1 saturated heterocycles. The Kier molecular flexibility index (Phi) is 5.37. The minimum absolute atomic E-state index is 0.0427. The first-order chi connectivity index (χ1) is 12.4. The Hall–Kier alpha value is -2.67. The molecule has 1 unspecified atom stereocenters. The summed E-state index contributed by atoms with van der Waals surface area (Å²) < 4.78 is 0. The second-order valence-corrected chi connectivity index (χ2v) is 6.77. The second-order valence-electron chi connectivity index (χ2n) is 6.33. The van der Waals surface area contributed by atoms with Crippen molar-refractivity contribution in [3.05, 3.63) is 57.2 Å². The maximum absolute atomic E-state index is 12.6. The molecule has 1 amide bonds. The van der Waals surface area contributed by atoms with Crippen LogP contribution in [0.4, 0.5) is 17.2 Å². The van der Waals surface area contributed by atoms with Crippen molar-refractivity contribution in [3.63, 3.8) is 0 Å². The highest BCUT2D eigenvalue weighted by molar-refractivity contribution is 6.30. The van der Waals surface area contributed by atoms with Crippen LogP contribution >= 0.6 is 11.6 Å². The van der Waals surface area contributed by atoms with E-state index >= 15 is 0 Å². The summed E-state index contributed by atoms with van der Waals surface area (Å²) in [5.41, 5.74) is 1.27. The van der Waals surface area contributed by atoms with E-state index in [-0.39, 0.29) is 17.5 Å². The van der Waals surface area contributed by atoms with Gasteiger partial charge in [0.1, 0.15) is 11.5 Å². The van der Waals surface area contributed by atoms with Crippen molar-refractivity contribution in [1.29, 1.82) is 0 Å². The van der Waals surface area contributed by atoms with Gasteiger partial charge < -0.3 is 10.2 Å². The van der Waals surface area contributed by atoms with Crippen molar-refractivity contribution < 1.29 is 9.72 Å². The van der Waals surface area contributed by atoms with Crippen LogP contribution in [0.25, 0.3) is 0 Å². The summed E-state index contributed by atoms with van der Waals surface area (Å²) in [6.07, 6.45) is 1.51. The zero-order chi connectivity index (χ0) is 18.7. The number of aromatic nitrogens is 1. The van der Waals surface area contributed by atoms with Gasteiger partial charge in [-0.1, -0.05) is 17.7 Å². The number of carbonyl (C=O) groups excluding carboxylic acids is 1. The Morgan fingerprint density at radius 2 is 2.19 bits per heavy atom.